The van der Waals surface area contributed by atoms with Crippen molar-refractivity contribution in [2.45, 2.75) is 7.43 Å². The fourth-order valence-electron chi connectivity index (χ4n) is 0.176. The van der Waals surface area contributed by atoms with Crippen molar-refractivity contribution in [2.75, 3.05) is 0 Å². The van der Waals surface area contributed by atoms with E-state index in [0.717, 1.165) is 0 Å². The van der Waals surface area contributed by atoms with Crippen LogP contribution in [0, 0.1) is 0 Å². The highest BCUT2D eigenvalue weighted by Crippen LogP contribution is 1.72. The van der Waals surface area contributed by atoms with Gasteiger partial charge in [0, 0.05) is 0 Å². The van der Waals surface area contributed by atoms with E-state index in [1.54, 1.807) is 12.3 Å². The highest BCUT2D eigenvalue weighted by molar-refractivity contribution is 4.67. The Morgan fingerprint density at radius 1 is 1.50 bits per heavy atom. The Labute approximate surface area is 36.8 Å². The molecule has 2 heteroatoms. The molecule has 0 amide bonds. The van der Waals surface area contributed by atoms with Crippen LogP contribution in [-0.2, 0) is 0 Å². The van der Waals surface area contributed by atoms with Crippen LogP contribution >= 0.6 is 0 Å². The zero-order chi connectivity index (χ0) is 3.54. The van der Waals surface area contributed by atoms with Gasteiger partial charge in [0.25, 0.3) is 0 Å². The minimum atomic E-state index is 0. The average Bonchev–Trinajstić information content (AvgIpc) is 1.76. The summed E-state index contributed by atoms with van der Waals surface area (Å²) in [5, 5.41) is 3.35. The second kappa shape index (κ2) is 2.45. The van der Waals surface area contributed by atoms with Gasteiger partial charge in [-0.2, -0.15) is 0 Å². The number of nitrogens with zero attached hydrogens (tertiary/aromatic N) is 1. The molecule has 34 valence electrons. The summed E-state index contributed by atoms with van der Waals surface area (Å²) in [5.74, 6) is 0. The summed E-state index contributed by atoms with van der Waals surface area (Å²) in [6.45, 7) is 0. The first-order valence-electron chi connectivity index (χ1n) is 1.34. The van der Waals surface area contributed by atoms with Crippen molar-refractivity contribution < 1.29 is 4.52 Å². The molecule has 0 radical (unpaired) electrons. The Morgan fingerprint density at radius 3 is 2.50 bits per heavy atom. The van der Waals surface area contributed by atoms with Crippen LogP contribution in [0.25, 0.3) is 0 Å². The third-order valence-corrected chi connectivity index (χ3v) is 0.347. The van der Waals surface area contributed by atoms with Crippen molar-refractivity contribution in [3.63, 3.8) is 0 Å². The standard InChI is InChI=1S/C3H3NO.CH4/c1-2-4-5-3-1;/h1-3H;1H4. The van der Waals surface area contributed by atoms with Crippen molar-refractivity contribution in [3.05, 3.63) is 18.5 Å². The maximum atomic E-state index is 4.33. The normalized spacial score (nSPS) is 6.67. The van der Waals surface area contributed by atoms with E-state index in [2.05, 4.69) is 9.68 Å². The molecule has 0 aliphatic carbocycles. The number of rotatable bonds is 0. The summed E-state index contributed by atoms with van der Waals surface area (Å²) in [4.78, 5) is 0. The van der Waals surface area contributed by atoms with E-state index in [1.165, 1.54) is 6.26 Å². The molecule has 0 aliphatic rings. The van der Waals surface area contributed by atoms with E-state index in [0.29, 0.717) is 0 Å². The van der Waals surface area contributed by atoms with Crippen LogP contribution in [0.2, 0.25) is 0 Å². The lowest BCUT2D eigenvalue weighted by atomic mass is 10.8. The van der Waals surface area contributed by atoms with Crippen LogP contribution in [0.1, 0.15) is 7.43 Å². The molecule has 0 bridgehead atoms. The zero-order valence-electron chi connectivity index (χ0n) is 2.59. The van der Waals surface area contributed by atoms with Crippen molar-refractivity contribution >= 4 is 0 Å². The minimum Gasteiger partial charge on any atom is -0.365 e. The maximum absolute atomic E-state index is 4.33. The monoisotopic (exact) mass is 85.1 g/mol. The van der Waals surface area contributed by atoms with Crippen molar-refractivity contribution in [3.8, 4) is 0 Å². The topological polar surface area (TPSA) is 26.0 Å². The molecule has 0 fully saturated rings. The van der Waals surface area contributed by atoms with Gasteiger partial charge in [-0.25, -0.2) is 0 Å². The molecular formula is C4H7NO. The lowest BCUT2D eigenvalue weighted by molar-refractivity contribution is 0.420. The molecule has 0 spiro atoms. The molecule has 1 aromatic rings. The van der Waals surface area contributed by atoms with Crippen LogP contribution in [0.15, 0.2) is 23.0 Å². The third kappa shape index (κ3) is 0.885. The number of hydrogen-bond donors (Lipinski definition) is 0. The Bertz CT molecular complexity index is 64.0. The second-order valence-electron chi connectivity index (χ2n) is 0.688. The van der Waals surface area contributed by atoms with Gasteiger partial charge in [-0.1, -0.05) is 12.6 Å². The van der Waals surface area contributed by atoms with E-state index in [-0.39, 0.29) is 7.43 Å². The molecule has 0 saturated carbocycles. The minimum absolute atomic E-state index is 0. The quantitative estimate of drug-likeness (QED) is 0.474. The molecular weight excluding hydrogens is 78.0 g/mol. The van der Waals surface area contributed by atoms with Gasteiger partial charge in [-0.15, -0.1) is 0 Å². The van der Waals surface area contributed by atoms with Crippen LogP contribution in [0.3, 0.4) is 0 Å². The summed E-state index contributed by atoms with van der Waals surface area (Å²) >= 11 is 0. The maximum Gasteiger partial charge on any atom is 0.123 e. The van der Waals surface area contributed by atoms with Crippen LogP contribution < -0.4 is 0 Å². The van der Waals surface area contributed by atoms with Gasteiger partial charge in [0.1, 0.15) is 6.26 Å². The van der Waals surface area contributed by atoms with E-state index >= 15 is 0 Å². The molecule has 0 aromatic carbocycles. The average molecular weight is 85.1 g/mol. The van der Waals surface area contributed by atoms with Crippen molar-refractivity contribution in [2.24, 2.45) is 0 Å². The van der Waals surface area contributed by atoms with Gasteiger partial charge in [0.15, 0.2) is 0 Å². The molecule has 1 rings (SSSR count). The lowest BCUT2D eigenvalue weighted by Gasteiger charge is -1.48. The largest absolute Gasteiger partial charge is 0.365 e. The molecule has 1 aromatic heterocycles. The summed E-state index contributed by atoms with van der Waals surface area (Å²) in [5.41, 5.74) is 0. The van der Waals surface area contributed by atoms with Gasteiger partial charge in [-0.05, 0) is 6.07 Å². The molecule has 6 heavy (non-hydrogen) atoms. The van der Waals surface area contributed by atoms with Crippen LogP contribution in [-0.4, -0.2) is 5.16 Å². The van der Waals surface area contributed by atoms with E-state index in [4.69, 9.17) is 0 Å². The first-order chi connectivity index (χ1) is 2.50. The SMILES string of the molecule is C.c1cnoc1. The fourth-order valence-corrected chi connectivity index (χ4v) is 0.176. The fraction of sp³-hybridized carbons (Fsp3) is 0.250. The van der Waals surface area contributed by atoms with E-state index in [9.17, 15) is 0 Å². The summed E-state index contributed by atoms with van der Waals surface area (Å²) in [6, 6.07) is 1.72. The predicted octanol–water partition coefficient (Wildman–Crippen LogP) is 1.31. The lowest BCUT2D eigenvalue weighted by Crippen LogP contribution is -1.38. The summed E-state index contributed by atoms with van der Waals surface area (Å²) in [6.07, 6.45) is 3.10. The number of hydrogen-bond acceptors (Lipinski definition) is 2. The molecule has 1 heterocycles. The van der Waals surface area contributed by atoms with Crippen LogP contribution in [0.5, 0.6) is 0 Å². The zero-order valence-corrected chi connectivity index (χ0v) is 2.59. The Kier molecular flexibility index (Phi) is 2.13. The second-order valence-corrected chi connectivity index (χ2v) is 0.688. The van der Waals surface area contributed by atoms with E-state index in [1.807, 2.05) is 0 Å². The highest BCUT2D eigenvalue weighted by atomic mass is 16.5. The summed E-state index contributed by atoms with van der Waals surface area (Å²) in [7, 11) is 0. The molecule has 0 aliphatic heterocycles. The molecule has 2 nitrogen and oxygen atoms in total. The van der Waals surface area contributed by atoms with Gasteiger partial charge >= 0.3 is 0 Å². The van der Waals surface area contributed by atoms with Crippen molar-refractivity contribution in [1.82, 2.24) is 5.16 Å². The third-order valence-electron chi connectivity index (χ3n) is 0.347. The molecule has 0 N–H and O–H groups in total. The van der Waals surface area contributed by atoms with Crippen LogP contribution in [0.4, 0.5) is 0 Å². The Balaban J connectivity index is 0.000000250. The smallest absolute Gasteiger partial charge is 0.123 e. The molecule has 0 atom stereocenters. The number of aromatic nitrogens is 1. The van der Waals surface area contributed by atoms with Gasteiger partial charge in [0.05, 0.1) is 6.20 Å². The highest BCUT2D eigenvalue weighted by Gasteiger charge is 1.60. The first kappa shape index (κ1) is 5.21. The molecule has 0 saturated heterocycles. The Morgan fingerprint density at radius 2 is 2.33 bits per heavy atom. The van der Waals surface area contributed by atoms with Gasteiger partial charge in [0.2, 0.25) is 0 Å². The van der Waals surface area contributed by atoms with Gasteiger partial charge < -0.3 is 4.52 Å². The van der Waals surface area contributed by atoms with E-state index < -0.39 is 0 Å². The Hall–Kier alpha value is -0.790. The van der Waals surface area contributed by atoms with Crippen molar-refractivity contribution in [1.29, 1.82) is 0 Å². The first-order valence-corrected chi connectivity index (χ1v) is 1.34. The predicted molar refractivity (Wildman–Crippen MR) is 23.2 cm³/mol. The molecule has 0 unspecified atom stereocenters. The summed E-state index contributed by atoms with van der Waals surface area (Å²) < 4.78 is 4.33. The van der Waals surface area contributed by atoms with Gasteiger partial charge in [-0.3, -0.25) is 0 Å².